The predicted octanol–water partition coefficient (Wildman–Crippen LogP) is 4.36. The van der Waals surface area contributed by atoms with E-state index in [2.05, 4.69) is 10.3 Å². The average molecular weight is 432 g/mol. The van der Waals surface area contributed by atoms with Gasteiger partial charge in [-0.2, -0.15) is 0 Å². The number of ether oxygens (including phenoxy) is 1. The summed E-state index contributed by atoms with van der Waals surface area (Å²) in [5, 5.41) is 13.9. The van der Waals surface area contributed by atoms with Crippen LogP contribution < -0.4 is 5.32 Å². The number of halogens is 1. The molecule has 1 heterocycles. The summed E-state index contributed by atoms with van der Waals surface area (Å²) in [4.78, 5) is 38.3. The van der Waals surface area contributed by atoms with Gasteiger partial charge >= 0.3 is 5.97 Å². The maximum Gasteiger partial charge on any atom is 0.331 e. The van der Waals surface area contributed by atoms with Crippen LogP contribution in [0, 0.1) is 17.0 Å². The second-order valence-electron chi connectivity index (χ2n) is 5.95. The summed E-state index contributed by atoms with van der Waals surface area (Å²) in [5.41, 5.74) is 1.98. The number of rotatable bonds is 6. The van der Waals surface area contributed by atoms with Gasteiger partial charge in [-0.3, -0.25) is 20.2 Å². The Morgan fingerprint density at radius 3 is 2.86 bits per heavy atom. The number of nitrogens with one attached hydrogen (secondary N) is 1. The lowest BCUT2D eigenvalue weighted by atomic mass is 10.2. The van der Waals surface area contributed by atoms with E-state index in [-0.39, 0.29) is 10.7 Å². The second-order valence-corrected chi connectivity index (χ2v) is 7.39. The number of thiazole rings is 1. The first kappa shape index (κ1) is 20.4. The Hall–Kier alpha value is -3.30. The molecule has 0 spiro atoms. The number of nitro groups is 1. The van der Waals surface area contributed by atoms with Crippen LogP contribution in [0.5, 0.6) is 0 Å². The third-order valence-electron chi connectivity index (χ3n) is 3.71. The maximum atomic E-state index is 12.0. The van der Waals surface area contributed by atoms with E-state index in [9.17, 15) is 19.7 Å². The van der Waals surface area contributed by atoms with Crippen molar-refractivity contribution in [3.8, 4) is 0 Å². The van der Waals surface area contributed by atoms with Crippen LogP contribution in [0.2, 0.25) is 5.02 Å². The Morgan fingerprint density at radius 2 is 2.10 bits per heavy atom. The molecule has 0 bridgehead atoms. The van der Waals surface area contributed by atoms with Crippen LogP contribution in [0.25, 0.3) is 16.3 Å². The van der Waals surface area contributed by atoms with Crippen molar-refractivity contribution in [1.29, 1.82) is 0 Å². The van der Waals surface area contributed by atoms with E-state index < -0.39 is 23.4 Å². The molecule has 0 unspecified atom stereocenters. The Kier molecular flexibility index (Phi) is 6.20. The van der Waals surface area contributed by atoms with Gasteiger partial charge in [0.15, 0.2) is 11.7 Å². The standard InChI is InChI=1S/C19H14ClN3O5S/c1-11-2-6-14-16(8-11)29-19(21-14)22-17(24)10-28-18(25)7-4-12-3-5-13(20)15(9-12)23(26)27/h2-9H,10H2,1H3,(H,21,22,24)/b7-4+. The van der Waals surface area contributed by atoms with Crippen LogP contribution in [0.4, 0.5) is 10.8 Å². The summed E-state index contributed by atoms with van der Waals surface area (Å²) in [6.07, 6.45) is 2.40. The molecule has 0 atom stereocenters. The monoisotopic (exact) mass is 431 g/mol. The van der Waals surface area contributed by atoms with Gasteiger partial charge in [-0.25, -0.2) is 9.78 Å². The number of aromatic nitrogens is 1. The van der Waals surface area contributed by atoms with Crippen molar-refractivity contribution in [3.05, 3.63) is 68.7 Å². The molecule has 2 aromatic carbocycles. The second kappa shape index (κ2) is 8.80. The smallest absolute Gasteiger partial charge is 0.331 e. The molecule has 29 heavy (non-hydrogen) atoms. The first-order valence-corrected chi connectivity index (χ1v) is 9.47. The number of hydrogen-bond acceptors (Lipinski definition) is 7. The van der Waals surface area contributed by atoms with Crippen LogP contribution in [-0.4, -0.2) is 28.4 Å². The van der Waals surface area contributed by atoms with E-state index >= 15 is 0 Å². The lowest BCUT2D eigenvalue weighted by Gasteiger charge is -2.02. The number of esters is 1. The first-order chi connectivity index (χ1) is 13.8. The molecule has 148 valence electrons. The highest BCUT2D eigenvalue weighted by atomic mass is 35.5. The van der Waals surface area contributed by atoms with Crippen LogP contribution >= 0.6 is 22.9 Å². The van der Waals surface area contributed by atoms with E-state index in [4.69, 9.17) is 16.3 Å². The number of fused-ring (bicyclic) bond motifs is 1. The number of carbonyl (C=O) groups excluding carboxylic acids is 2. The normalized spacial score (nSPS) is 11.0. The van der Waals surface area contributed by atoms with Crippen molar-refractivity contribution in [2.24, 2.45) is 0 Å². The van der Waals surface area contributed by atoms with Gasteiger partial charge in [0.1, 0.15) is 5.02 Å². The van der Waals surface area contributed by atoms with Crippen molar-refractivity contribution >= 4 is 61.9 Å². The Morgan fingerprint density at radius 1 is 1.31 bits per heavy atom. The van der Waals surface area contributed by atoms with Gasteiger partial charge in [0.2, 0.25) is 0 Å². The zero-order chi connectivity index (χ0) is 21.0. The van der Waals surface area contributed by atoms with Crippen LogP contribution in [-0.2, 0) is 14.3 Å². The number of nitro benzene ring substituents is 1. The predicted molar refractivity (Wildman–Crippen MR) is 111 cm³/mol. The lowest BCUT2D eigenvalue weighted by molar-refractivity contribution is -0.384. The molecular formula is C19H14ClN3O5S. The molecule has 0 aliphatic heterocycles. The molecule has 0 fully saturated rings. The molecule has 0 saturated heterocycles. The Balaban J connectivity index is 1.54. The van der Waals surface area contributed by atoms with Gasteiger partial charge in [0.05, 0.1) is 15.1 Å². The number of anilines is 1. The minimum absolute atomic E-state index is 0.00333. The van der Waals surface area contributed by atoms with Crippen molar-refractivity contribution in [2.45, 2.75) is 6.92 Å². The van der Waals surface area contributed by atoms with Gasteiger partial charge in [-0.05, 0) is 42.3 Å². The quantitative estimate of drug-likeness (QED) is 0.268. The summed E-state index contributed by atoms with van der Waals surface area (Å²) in [6, 6.07) is 9.86. The topological polar surface area (TPSA) is 111 Å². The number of benzene rings is 2. The van der Waals surface area contributed by atoms with Crippen LogP contribution in [0.3, 0.4) is 0 Å². The van der Waals surface area contributed by atoms with E-state index in [1.165, 1.54) is 35.6 Å². The van der Waals surface area contributed by atoms with E-state index in [0.717, 1.165) is 21.9 Å². The fraction of sp³-hybridized carbons (Fsp3) is 0.105. The maximum absolute atomic E-state index is 12.0. The largest absolute Gasteiger partial charge is 0.452 e. The van der Waals surface area contributed by atoms with Crippen molar-refractivity contribution in [1.82, 2.24) is 4.98 Å². The van der Waals surface area contributed by atoms with Gasteiger partial charge in [-0.1, -0.05) is 35.1 Å². The zero-order valence-corrected chi connectivity index (χ0v) is 16.6. The zero-order valence-electron chi connectivity index (χ0n) is 15.0. The summed E-state index contributed by atoms with van der Waals surface area (Å²) in [7, 11) is 0. The minimum atomic E-state index is -0.766. The molecule has 1 aromatic heterocycles. The molecule has 10 heteroatoms. The molecule has 0 saturated carbocycles. The number of amides is 1. The van der Waals surface area contributed by atoms with E-state index in [0.29, 0.717) is 10.7 Å². The van der Waals surface area contributed by atoms with Crippen molar-refractivity contribution in [3.63, 3.8) is 0 Å². The minimum Gasteiger partial charge on any atom is -0.452 e. The molecule has 1 N–H and O–H groups in total. The Bertz CT molecular complexity index is 1140. The molecule has 0 aliphatic carbocycles. The molecular weight excluding hydrogens is 418 g/mol. The molecule has 1 amide bonds. The molecule has 3 aromatic rings. The first-order valence-electron chi connectivity index (χ1n) is 8.27. The van der Waals surface area contributed by atoms with Gasteiger partial charge < -0.3 is 4.74 Å². The van der Waals surface area contributed by atoms with E-state index in [1.54, 1.807) is 0 Å². The third-order valence-corrected chi connectivity index (χ3v) is 4.97. The number of nitrogens with zero attached hydrogens (tertiary/aromatic N) is 2. The number of carbonyl (C=O) groups is 2. The highest BCUT2D eigenvalue weighted by Gasteiger charge is 2.12. The SMILES string of the molecule is Cc1ccc2nc(NC(=O)COC(=O)/C=C/c3ccc(Cl)c([N+](=O)[O-])c3)sc2c1. The van der Waals surface area contributed by atoms with Crippen molar-refractivity contribution in [2.75, 3.05) is 11.9 Å². The Labute approximate surface area is 173 Å². The molecule has 8 nitrogen and oxygen atoms in total. The third kappa shape index (κ3) is 5.37. The van der Waals surface area contributed by atoms with Crippen molar-refractivity contribution < 1.29 is 19.2 Å². The summed E-state index contributed by atoms with van der Waals surface area (Å²) in [5.74, 6) is -1.29. The fourth-order valence-corrected chi connectivity index (χ4v) is 3.53. The van der Waals surface area contributed by atoms with Crippen LogP contribution in [0.1, 0.15) is 11.1 Å². The summed E-state index contributed by atoms with van der Waals surface area (Å²) < 4.78 is 5.81. The van der Waals surface area contributed by atoms with Crippen LogP contribution in [0.15, 0.2) is 42.5 Å². The summed E-state index contributed by atoms with van der Waals surface area (Å²) in [6.45, 7) is 1.48. The molecule has 0 aliphatic rings. The van der Waals surface area contributed by atoms with E-state index in [1.807, 2.05) is 25.1 Å². The highest BCUT2D eigenvalue weighted by molar-refractivity contribution is 7.22. The number of hydrogen-bond donors (Lipinski definition) is 1. The average Bonchev–Trinajstić information content (AvgIpc) is 3.06. The van der Waals surface area contributed by atoms with Gasteiger partial charge in [0, 0.05) is 12.1 Å². The fourth-order valence-electron chi connectivity index (χ4n) is 2.36. The molecule has 3 rings (SSSR count). The summed E-state index contributed by atoms with van der Waals surface area (Å²) >= 11 is 7.06. The highest BCUT2D eigenvalue weighted by Crippen LogP contribution is 2.27. The number of aryl methyl sites for hydroxylation is 1. The van der Waals surface area contributed by atoms with Gasteiger partial charge in [0.25, 0.3) is 11.6 Å². The molecule has 0 radical (unpaired) electrons. The lowest BCUT2D eigenvalue weighted by Crippen LogP contribution is -2.19. The van der Waals surface area contributed by atoms with Gasteiger partial charge in [-0.15, -0.1) is 0 Å².